The number of urea groups is 1. The molecule has 0 fully saturated rings. The molecule has 3 amide bonds. The zero-order valence-corrected chi connectivity index (χ0v) is 25.3. The van der Waals surface area contributed by atoms with Gasteiger partial charge in [0.25, 0.3) is 5.91 Å². The van der Waals surface area contributed by atoms with Crippen molar-refractivity contribution in [3.05, 3.63) is 58.1 Å². The van der Waals surface area contributed by atoms with E-state index in [0.717, 1.165) is 31.4 Å². The highest BCUT2D eigenvalue weighted by Gasteiger charge is 2.46. The molecule has 6 nitrogen and oxygen atoms in total. The Labute approximate surface area is 234 Å². The van der Waals surface area contributed by atoms with Crippen molar-refractivity contribution in [2.24, 2.45) is 0 Å². The lowest BCUT2D eigenvalue weighted by Gasteiger charge is -2.49. The van der Waals surface area contributed by atoms with Crippen LogP contribution in [0.25, 0.3) is 0 Å². The number of amides is 3. The van der Waals surface area contributed by atoms with Crippen molar-refractivity contribution in [2.75, 3.05) is 10.6 Å². The maximum Gasteiger partial charge on any atom is 0.321 e. The van der Waals surface area contributed by atoms with Crippen LogP contribution in [0.15, 0.2) is 30.3 Å². The smallest absolute Gasteiger partial charge is 0.321 e. The number of fused-ring (bicyclic) bond motifs is 2. The van der Waals surface area contributed by atoms with Crippen molar-refractivity contribution in [1.82, 2.24) is 5.32 Å². The fourth-order valence-electron chi connectivity index (χ4n) is 6.36. The van der Waals surface area contributed by atoms with E-state index in [-0.39, 0.29) is 27.6 Å². The molecular formula is C33H47N3O3. The largest absolute Gasteiger partial charge is 0.374 e. The van der Waals surface area contributed by atoms with E-state index in [0.29, 0.717) is 17.7 Å². The number of aliphatic hydroxyl groups excluding tert-OH is 1. The summed E-state index contributed by atoms with van der Waals surface area (Å²) in [7, 11) is 0. The molecule has 2 aromatic carbocycles. The van der Waals surface area contributed by atoms with Crippen LogP contribution in [0.1, 0.15) is 127 Å². The van der Waals surface area contributed by atoms with Gasteiger partial charge in [0, 0.05) is 16.9 Å². The van der Waals surface area contributed by atoms with Gasteiger partial charge in [-0.25, -0.2) is 4.79 Å². The molecule has 0 heterocycles. The summed E-state index contributed by atoms with van der Waals surface area (Å²) in [6.07, 6.45) is 3.87. The van der Waals surface area contributed by atoms with Crippen LogP contribution in [-0.4, -0.2) is 23.3 Å². The van der Waals surface area contributed by atoms with E-state index >= 15 is 0 Å². The van der Waals surface area contributed by atoms with Gasteiger partial charge in [0.1, 0.15) is 6.23 Å². The highest BCUT2D eigenvalue weighted by Crippen LogP contribution is 2.56. The minimum atomic E-state index is -0.902. The molecular weight excluding hydrogens is 486 g/mol. The SMILES string of the molecule is CCC(O)NC(=O)Nc1ccc(C(=O)Nc2c3c(cc4c2C(C)(C)CCC4(C)C)C(C)(C)CCC3(C)C)cc1. The second-order valence-electron chi connectivity index (χ2n) is 14.2. The lowest BCUT2D eigenvalue weighted by molar-refractivity contribution is 0.102. The van der Waals surface area contributed by atoms with Crippen LogP contribution in [0.2, 0.25) is 0 Å². The molecule has 0 radical (unpaired) electrons. The number of hydrogen-bond acceptors (Lipinski definition) is 3. The third-order valence-electron chi connectivity index (χ3n) is 9.22. The minimum Gasteiger partial charge on any atom is -0.374 e. The standard InChI is InChI=1S/C33H47N3O3/c1-10-24(37)35-29(39)34-21-13-11-20(12-14-21)28(38)36-27-25-22(30(2,3)15-17-32(25,6)7)19-23-26(27)33(8,9)18-16-31(23,4)5/h11-14,19,24,37H,10,15-18H2,1-9H3,(H,36,38)(H2,34,35,39). The average Bonchev–Trinajstić information content (AvgIpc) is 2.84. The lowest BCUT2D eigenvalue weighted by atomic mass is 9.56. The predicted octanol–water partition coefficient (Wildman–Crippen LogP) is 7.49. The maximum atomic E-state index is 13.8. The van der Waals surface area contributed by atoms with Gasteiger partial charge in [0.15, 0.2) is 0 Å². The first kappa shape index (κ1) is 29.1. The summed E-state index contributed by atoms with van der Waals surface area (Å²) < 4.78 is 0. The lowest BCUT2D eigenvalue weighted by Crippen LogP contribution is -2.41. The zero-order chi connectivity index (χ0) is 29.0. The number of carbonyl (C=O) groups excluding carboxylic acids is 2. The van der Waals surface area contributed by atoms with Crippen molar-refractivity contribution in [3.8, 4) is 0 Å². The summed E-state index contributed by atoms with van der Waals surface area (Å²) in [5, 5.41) is 18.2. The number of hydrogen-bond donors (Lipinski definition) is 4. The molecule has 2 aliphatic carbocycles. The summed E-state index contributed by atoms with van der Waals surface area (Å²) >= 11 is 0. The van der Waals surface area contributed by atoms with Crippen molar-refractivity contribution in [3.63, 3.8) is 0 Å². The normalized spacial score (nSPS) is 20.7. The fourth-order valence-corrected chi connectivity index (χ4v) is 6.36. The quantitative estimate of drug-likeness (QED) is 0.300. The highest BCUT2D eigenvalue weighted by molar-refractivity contribution is 6.06. The first-order chi connectivity index (χ1) is 18.0. The third-order valence-corrected chi connectivity index (χ3v) is 9.22. The van der Waals surface area contributed by atoms with E-state index in [9.17, 15) is 14.7 Å². The van der Waals surface area contributed by atoms with Crippen LogP contribution in [0.3, 0.4) is 0 Å². The molecule has 0 aromatic heterocycles. The summed E-state index contributed by atoms with van der Waals surface area (Å²) in [6.45, 7) is 20.4. The van der Waals surface area contributed by atoms with Crippen molar-refractivity contribution in [1.29, 1.82) is 0 Å². The second-order valence-corrected chi connectivity index (χ2v) is 14.2. The Bertz CT molecular complexity index is 1220. The molecule has 2 aromatic rings. The minimum absolute atomic E-state index is 0.0241. The number of rotatable bonds is 5. The summed E-state index contributed by atoms with van der Waals surface area (Å²) in [4.78, 5) is 25.9. The average molecular weight is 534 g/mol. The summed E-state index contributed by atoms with van der Waals surface area (Å²) in [5.41, 5.74) is 7.27. The van der Waals surface area contributed by atoms with Gasteiger partial charge in [-0.3, -0.25) is 4.79 Å². The Kier molecular flexibility index (Phi) is 7.44. The van der Waals surface area contributed by atoms with Crippen LogP contribution >= 0.6 is 0 Å². The molecule has 4 N–H and O–H groups in total. The van der Waals surface area contributed by atoms with E-state index in [4.69, 9.17) is 0 Å². The number of nitrogens with one attached hydrogen (secondary N) is 3. The van der Waals surface area contributed by atoms with Crippen LogP contribution in [0.5, 0.6) is 0 Å². The number of aliphatic hydroxyl groups is 1. The second kappa shape index (κ2) is 9.96. The summed E-state index contributed by atoms with van der Waals surface area (Å²) in [5.74, 6) is -0.152. The topological polar surface area (TPSA) is 90.5 Å². The first-order valence-corrected chi connectivity index (χ1v) is 14.4. The third kappa shape index (κ3) is 5.58. The van der Waals surface area contributed by atoms with Gasteiger partial charge in [-0.05, 0) is 100 Å². The predicted molar refractivity (Wildman–Crippen MR) is 160 cm³/mol. The Morgan fingerprint density at radius 3 is 1.69 bits per heavy atom. The van der Waals surface area contributed by atoms with Crippen LogP contribution in [0, 0.1) is 0 Å². The van der Waals surface area contributed by atoms with Crippen molar-refractivity contribution < 1.29 is 14.7 Å². The molecule has 0 spiro atoms. The van der Waals surface area contributed by atoms with Gasteiger partial charge in [0.2, 0.25) is 0 Å². The van der Waals surface area contributed by atoms with Crippen molar-refractivity contribution in [2.45, 2.75) is 122 Å². The van der Waals surface area contributed by atoms with E-state index < -0.39 is 12.3 Å². The molecule has 39 heavy (non-hydrogen) atoms. The molecule has 0 bridgehead atoms. The Hall–Kier alpha value is -2.86. The molecule has 0 saturated heterocycles. The number of carbonyl (C=O) groups is 2. The molecule has 4 rings (SSSR count). The van der Waals surface area contributed by atoms with E-state index in [1.165, 1.54) is 22.3 Å². The van der Waals surface area contributed by atoms with Gasteiger partial charge in [-0.2, -0.15) is 0 Å². The van der Waals surface area contributed by atoms with Crippen LogP contribution < -0.4 is 16.0 Å². The van der Waals surface area contributed by atoms with Crippen LogP contribution in [0.4, 0.5) is 16.2 Å². The van der Waals surface area contributed by atoms with Gasteiger partial charge in [0.05, 0.1) is 0 Å². The van der Waals surface area contributed by atoms with Gasteiger partial charge in [-0.1, -0.05) is 68.4 Å². The molecule has 212 valence electrons. The molecule has 6 heteroatoms. The molecule has 0 aliphatic heterocycles. The molecule has 0 saturated carbocycles. The number of benzene rings is 2. The first-order valence-electron chi connectivity index (χ1n) is 14.4. The summed E-state index contributed by atoms with van der Waals surface area (Å²) in [6, 6.07) is 8.87. The van der Waals surface area contributed by atoms with Gasteiger partial charge < -0.3 is 21.1 Å². The maximum absolute atomic E-state index is 13.8. The number of anilines is 2. The molecule has 1 atom stereocenters. The van der Waals surface area contributed by atoms with Crippen LogP contribution in [-0.2, 0) is 21.7 Å². The van der Waals surface area contributed by atoms with Gasteiger partial charge in [-0.15, -0.1) is 0 Å². The molecule has 1 unspecified atom stereocenters. The van der Waals surface area contributed by atoms with Crippen molar-refractivity contribution >= 4 is 23.3 Å². The Morgan fingerprint density at radius 2 is 1.23 bits per heavy atom. The highest BCUT2D eigenvalue weighted by atomic mass is 16.3. The van der Waals surface area contributed by atoms with E-state index in [2.05, 4.69) is 77.4 Å². The van der Waals surface area contributed by atoms with E-state index in [1.54, 1.807) is 31.2 Å². The zero-order valence-electron chi connectivity index (χ0n) is 25.3. The monoisotopic (exact) mass is 533 g/mol. The Balaban J connectivity index is 1.77. The Morgan fingerprint density at radius 1 is 0.769 bits per heavy atom. The van der Waals surface area contributed by atoms with Gasteiger partial charge >= 0.3 is 6.03 Å². The fraction of sp³-hybridized carbons (Fsp3) is 0.576. The van der Waals surface area contributed by atoms with E-state index in [1.807, 2.05) is 0 Å². The molecule has 2 aliphatic rings.